The summed E-state index contributed by atoms with van der Waals surface area (Å²) in [6, 6.07) is 12.3. The molecule has 0 atom stereocenters. The summed E-state index contributed by atoms with van der Waals surface area (Å²) in [4.78, 5) is 37.7. The fourth-order valence-corrected chi connectivity index (χ4v) is 5.20. The van der Waals surface area contributed by atoms with Crippen molar-refractivity contribution in [1.82, 2.24) is 16.0 Å². The van der Waals surface area contributed by atoms with Crippen LogP contribution in [0.2, 0.25) is 0 Å². The molecule has 12 nitrogen and oxygen atoms in total. The van der Waals surface area contributed by atoms with E-state index in [2.05, 4.69) is 16.0 Å². The normalized spacial score (nSPS) is 16.0. The lowest BCUT2D eigenvalue weighted by atomic mass is 9.91. The number of carbonyl (C=O) groups is 3. The zero-order valence-electron chi connectivity index (χ0n) is 29.6. The van der Waals surface area contributed by atoms with Crippen molar-refractivity contribution >= 4 is 23.9 Å². The summed E-state index contributed by atoms with van der Waals surface area (Å²) in [6.07, 6.45) is 1.21. The van der Waals surface area contributed by atoms with Crippen molar-refractivity contribution in [1.29, 1.82) is 5.41 Å². The topological polar surface area (TPSA) is 174 Å². The molecule has 0 aromatic heterocycles. The molecule has 14 heteroatoms. The monoisotopic (exact) mass is 709 g/mol. The summed E-state index contributed by atoms with van der Waals surface area (Å²) >= 11 is 0. The van der Waals surface area contributed by atoms with Crippen molar-refractivity contribution in [3.8, 4) is 23.0 Å². The fourth-order valence-electron chi connectivity index (χ4n) is 5.20. The van der Waals surface area contributed by atoms with Gasteiger partial charge in [-0.15, -0.1) is 0 Å². The van der Waals surface area contributed by atoms with Gasteiger partial charge in [-0.05, 0) is 121 Å². The zero-order chi connectivity index (χ0) is 37.5. The van der Waals surface area contributed by atoms with E-state index in [0.29, 0.717) is 37.0 Å². The van der Waals surface area contributed by atoms with Gasteiger partial charge in [0.05, 0.1) is 0 Å². The third-order valence-corrected chi connectivity index (χ3v) is 7.44. The maximum absolute atomic E-state index is 15.2. The summed E-state index contributed by atoms with van der Waals surface area (Å²) < 4.78 is 52.6. The fraction of sp³-hybridized carbons (Fsp3) is 0.405. The quantitative estimate of drug-likeness (QED) is 0.107. The highest BCUT2D eigenvalue weighted by atomic mass is 19.1. The van der Waals surface area contributed by atoms with Crippen LogP contribution in [0, 0.1) is 17.0 Å². The molecular formula is C37H45F2N5O7. The minimum atomic E-state index is -1.04. The summed E-state index contributed by atoms with van der Waals surface area (Å²) in [5.74, 6) is -2.99. The molecule has 0 radical (unpaired) electrons. The minimum absolute atomic E-state index is 0.0827. The van der Waals surface area contributed by atoms with E-state index in [9.17, 15) is 14.4 Å². The molecule has 0 unspecified atom stereocenters. The van der Waals surface area contributed by atoms with E-state index in [1.54, 1.807) is 65.8 Å². The second kappa shape index (κ2) is 16.1. The molecule has 6 N–H and O–H groups in total. The Morgan fingerprint density at radius 1 is 0.725 bits per heavy atom. The molecule has 3 amide bonds. The average molecular weight is 710 g/mol. The second-order valence-electron chi connectivity index (χ2n) is 14.2. The number of ether oxygens (including phenoxy) is 4. The van der Waals surface area contributed by atoms with Crippen LogP contribution in [0.5, 0.6) is 23.0 Å². The Hall–Kier alpha value is -5.40. The van der Waals surface area contributed by atoms with Gasteiger partial charge in [-0.2, -0.15) is 0 Å². The molecule has 0 heterocycles. The van der Waals surface area contributed by atoms with Gasteiger partial charge in [0.2, 0.25) is 0 Å². The predicted molar refractivity (Wildman–Crippen MR) is 186 cm³/mol. The van der Waals surface area contributed by atoms with Gasteiger partial charge in [-0.25, -0.2) is 18.4 Å². The number of hydrogen-bond donors (Lipinski definition) is 5. The molecule has 1 fully saturated rings. The molecule has 4 rings (SSSR count). The van der Waals surface area contributed by atoms with Crippen molar-refractivity contribution < 1.29 is 42.1 Å². The Labute approximate surface area is 295 Å². The van der Waals surface area contributed by atoms with Gasteiger partial charge >= 0.3 is 12.2 Å². The molecule has 1 aliphatic rings. The number of rotatable bonds is 10. The highest BCUT2D eigenvalue weighted by Crippen LogP contribution is 2.34. The first kappa shape index (κ1) is 38.4. The summed E-state index contributed by atoms with van der Waals surface area (Å²) in [5, 5.41) is 15.9. The number of hydrogen-bond acceptors (Lipinski definition) is 8. The molecule has 3 aromatic rings. The highest BCUT2D eigenvalue weighted by molar-refractivity contribution is 5.95. The standard InChI is InChI=1S/C37H45F2N5O7/c1-36(2,3)50-34(46)42-20-21-15-29(38)31(30(39)16-21)49-28-18-23(17-27(19-28)48-26-13-7-22(8-14-26)32(40)41)33(45)43-24-9-11-25(12-10-24)44-35(47)51-37(4,5)6/h7-8,13-19,24-25H,9-12,20H2,1-6H3,(H3,40,41)(H,42,46)(H,43,45)(H,44,47). The third kappa shape index (κ3) is 12.2. The maximum atomic E-state index is 15.2. The number of amides is 3. The largest absolute Gasteiger partial charge is 0.457 e. The first-order chi connectivity index (χ1) is 23.8. The van der Waals surface area contributed by atoms with E-state index in [1.807, 2.05) is 0 Å². The van der Waals surface area contributed by atoms with Gasteiger partial charge in [0.1, 0.15) is 34.3 Å². The average Bonchev–Trinajstić information content (AvgIpc) is 3.01. The number of alkyl carbamates (subject to hydrolysis) is 2. The van der Waals surface area contributed by atoms with E-state index < -0.39 is 46.7 Å². The Balaban J connectivity index is 1.51. The lowest BCUT2D eigenvalue weighted by molar-refractivity contribution is 0.0485. The van der Waals surface area contributed by atoms with Crippen LogP contribution in [0.4, 0.5) is 18.4 Å². The van der Waals surface area contributed by atoms with Crippen LogP contribution < -0.4 is 31.2 Å². The molecule has 0 bridgehead atoms. The summed E-state index contributed by atoms with van der Waals surface area (Å²) in [6.45, 7) is 10.2. The number of halogens is 2. The number of carbonyl (C=O) groups excluding carboxylic acids is 3. The first-order valence-corrected chi connectivity index (χ1v) is 16.5. The van der Waals surface area contributed by atoms with Gasteiger partial charge in [0.25, 0.3) is 5.91 Å². The van der Waals surface area contributed by atoms with Crippen LogP contribution in [0.25, 0.3) is 0 Å². The van der Waals surface area contributed by atoms with Crippen LogP contribution >= 0.6 is 0 Å². The van der Waals surface area contributed by atoms with Crippen molar-refractivity contribution in [3.05, 3.63) is 82.9 Å². The Bertz CT molecular complexity index is 1720. The van der Waals surface area contributed by atoms with Crippen molar-refractivity contribution in [2.75, 3.05) is 0 Å². The molecule has 0 aliphatic heterocycles. The number of nitrogen functional groups attached to an aromatic ring is 1. The smallest absolute Gasteiger partial charge is 0.407 e. The summed E-state index contributed by atoms with van der Waals surface area (Å²) in [7, 11) is 0. The number of nitrogens with two attached hydrogens (primary N) is 1. The molecular weight excluding hydrogens is 664 g/mol. The van der Waals surface area contributed by atoms with Crippen LogP contribution in [0.1, 0.15) is 88.7 Å². The van der Waals surface area contributed by atoms with E-state index in [4.69, 9.17) is 30.1 Å². The Kier molecular flexibility index (Phi) is 12.1. The van der Waals surface area contributed by atoms with Crippen molar-refractivity contribution in [3.63, 3.8) is 0 Å². The van der Waals surface area contributed by atoms with Crippen LogP contribution in [-0.2, 0) is 16.0 Å². The van der Waals surface area contributed by atoms with Crippen molar-refractivity contribution in [2.24, 2.45) is 5.73 Å². The predicted octanol–water partition coefficient (Wildman–Crippen LogP) is 7.42. The molecule has 1 aliphatic carbocycles. The molecule has 274 valence electrons. The Morgan fingerprint density at radius 3 is 1.76 bits per heavy atom. The van der Waals surface area contributed by atoms with Crippen LogP contribution in [0.3, 0.4) is 0 Å². The van der Waals surface area contributed by atoms with Gasteiger partial charge in [-0.3, -0.25) is 10.2 Å². The first-order valence-electron chi connectivity index (χ1n) is 16.5. The van der Waals surface area contributed by atoms with Gasteiger partial charge in [0.15, 0.2) is 17.4 Å². The minimum Gasteiger partial charge on any atom is -0.457 e. The molecule has 1 saturated carbocycles. The summed E-state index contributed by atoms with van der Waals surface area (Å²) in [5.41, 5.74) is 4.90. The highest BCUT2D eigenvalue weighted by Gasteiger charge is 2.26. The van der Waals surface area contributed by atoms with E-state index in [1.165, 1.54) is 18.2 Å². The second-order valence-corrected chi connectivity index (χ2v) is 14.2. The number of benzene rings is 3. The number of amidine groups is 1. The lowest BCUT2D eigenvalue weighted by Gasteiger charge is -2.30. The molecule has 51 heavy (non-hydrogen) atoms. The maximum Gasteiger partial charge on any atom is 0.407 e. The zero-order valence-corrected chi connectivity index (χ0v) is 29.6. The Morgan fingerprint density at radius 2 is 1.24 bits per heavy atom. The molecule has 0 saturated heterocycles. The third-order valence-electron chi connectivity index (χ3n) is 7.44. The van der Waals surface area contributed by atoms with Crippen LogP contribution in [0.15, 0.2) is 54.6 Å². The molecule has 3 aromatic carbocycles. The van der Waals surface area contributed by atoms with Gasteiger partial charge in [-0.1, -0.05) is 0 Å². The van der Waals surface area contributed by atoms with E-state index in [-0.39, 0.29) is 47.1 Å². The van der Waals surface area contributed by atoms with Gasteiger partial charge < -0.3 is 40.6 Å². The van der Waals surface area contributed by atoms with E-state index >= 15 is 8.78 Å². The van der Waals surface area contributed by atoms with Crippen LogP contribution in [-0.4, -0.2) is 47.2 Å². The van der Waals surface area contributed by atoms with Crippen molar-refractivity contribution in [2.45, 2.75) is 97.1 Å². The SMILES string of the molecule is CC(C)(C)OC(=O)NCc1cc(F)c(Oc2cc(Oc3ccc(C(=N)N)cc3)cc(C(=O)NC3CCC(NC(=O)OC(C)(C)C)CC3)c2)c(F)c1. The van der Waals surface area contributed by atoms with Gasteiger partial charge in [0, 0.05) is 35.8 Å². The number of nitrogens with one attached hydrogen (secondary N) is 4. The lowest BCUT2D eigenvalue weighted by Crippen LogP contribution is -2.45. The van der Waals surface area contributed by atoms with E-state index in [0.717, 1.165) is 12.1 Å². The molecule has 0 spiro atoms.